The molecule has 0 radical (unpaired) electrons. The van der Waals surface area contributed by atoms with E-state index in [1.165, 1.54) is 27.9 Å². The minimum atomic E-state index is -1.48. The summed E-state index contributed by atoms with van der Waals surface area (Å²) in [4.78, 5) is 49.1. The maximum absolute atomic E-state index is 11.5. The van der Waals surface area contributed by atoms with Crippen LogP contribution in [0.2, 0.25) is 0 Å². The topological polar surface area (TPSA) is 162 Å². The Bertz CT molecular complexity index is 604. The number of aliphatic hydroxyl groups excluding tert-OH is 4. The molecule has 0 atom stereocenters. The third-order valence-corrected chi connectivity index (χ3v) is 4.63. The van der Waals surface area contributed by atoms with Crippen molar-refractivity contribution in [2.24, 2.45) is 0 Å². The number of carbonyl (C=O) groups is 4. The van der Waals surface area contributed by atoms with Gasteiger partial charge in [-0.25, -0.2) is 14.5 Å². The number of amides is 6. The van der Waals surface area contributed by atoms with Gasteiger partial charge < -0.3 is 25.3 Å². The summed E-state index contributed by atoms with van der Waals surface area (Å²) in [5.74, 6) is -1.08. The highest BCUT2D eigenvalue weighted by Gasteiger charge is 2.54. The summed E-state index contributed by atoms with van der Waals surface area (Å²) in [7, 11) is 2.68. The summed E-state index contributed by atoms with van der Waals surface area (Å²) in [5, 5.41) is 35.6. The Kier molecular flexibility index (Phi) is 6.31. The smallest absolute Gasteiger partial charge is 0.331 e. The third-order valence-electron chi connectivity index (χ3n) is 4.63. The number of likely N-dealkylation sites (N-methyl/N-ethyl adjacent to an activating group) is 2. The number of nitrogens with zero attached hydrogens (tertiary/aromatic N) is 4. The van der Waals surface area contributed by atoms with E-state index >= 15 is 0 Å². The predicted molar refractivity (Wildman–Crippen MR) is 85.2 cm³/mol. The Morgan fingerprint density at radius 1 is 0.808 bits per heavy atom. The molecule has 12 nitrogen and oxygen atoms in total. The number of hydrogen-bond donors (Lipinski definition) is 4. The molecule has 12 heteroatoms. The van der Waals surface area contributed by atoms with E-state index in [2.05, 4.69) is 0 Å². The molecule has 148 valence electrons. The van der Waals surface area contributed by atoms with Crippen molar-refractivity contribution in [1.82, 2.24) is 19.6 Å². The number of carbonyl (C=O) groups excluding carboxylic acids is 4. The fraction of sp³-hybridized carbons (Fsp3) is 0.714. The molecule has 0 aromatic carbocycles. The van der Waals surface area contributed by atoms with E-state index in [1.54, 1.807) is 0 Å². The quantitative estimate of drug-likeness (QED) is 0.381. The van der Waals surface area contributed by atoms with Gasteiger partial charge in [-0.1, -0.05) is 0 Å². The van der Waals surface area contributed by atoms with E-state index in [4.69, 9.17) is 20.4 Å². The van der Waals surface area contributed by atoms with Crippen molar-refractivity contribution in [3.8, 4) is 0 Å². The van der Waals surface area contributed by atoms with Gasteiger partial charge in [-0.05, 0) is 13.8 Å². The van der Waals surface area contributed by atoms with E-state index in [9.17, 15) is 19.2 Å². The Hall–Kier alpha value is -2.28. The van der Waals surface area contributed by atoms with Crippen LogP contribution in [0.25, 0.3) is 0 Å². The van der Waals surface area contributed by atoms with Gasteiger partial charge in [0.25, 0.3) is 11.8 Å². The number of rotatable bonds is 4. The minimum absolute atomic E-state index is 0.506. The van der Waals surface area contributed by atoms with Crippen LogP contribution in [0.1, 0.15) is 13.8 Å². The van der Waals surface area contributed by atoms with Crippen LogP contribution in [0.4, 0.5) is 9.59 Å². The molecule has 0 aromatic heterocycles. The molecule has 2 heterocycles. The van der Waals surface area contributed by atoms with Crippen LogP contribution in [0.15, 0.2) is 0 Å². The average molecular weight is 376 g/mol. The van der Waals surface area contributed by atoms with E-state index in [0.717, 1.165) is 14.7 Å². The van der Waals surface area contributed by atoms with E-state index < -0.39 is 61.6 Å². The first-order valence-corrected chi connectivity index (χ1v) is 7.60. The van der Waals surface area contributed by atoms with Gasteiger partial charge in [0.05, 0.1) is 13.2 Å². The first-order valence-electron chi connectivity index (χ1n) is 7.60. The second-order valence-corrected chi connectivity index (χ2v) is 6.34. The summed E-state index contributed by atoms with van der Waals surface area (Å²) in [6, 6.07) is -1.19. The lowest BCUT2D eigenvalue weighted by Crippen LogP contribution is -2.54. The normalized spacial score (nSPS) is 21.5. The zero-order chi connectivity index (χ0) is 20.4. The third kappa shape index (κ3) is 3.00. The molecule has 2 saturated heterocycles. The molecule has 2 aliphatic heterocycles. The van der Waals surface area contributed by atoms with Gasteiger partial charge in [0.2, 0.25) is 0 Å². The standard InChI is InChI=1S/2C7H12N2O4/c1-8-5(12)7(3-10,4-11)9(2)6(8)13;1-7(2)5(12)8(3-10)6(13)9(7)4-11/h2*10-11H,3-4H2,1-2H3. The summed E-state index contributed by atoms with van der Waals surface area (Å²) < 4.78 is 0. The van der Waals surface area contributed by atoms with Crippen LogP contribution >= 0.6 is 0 Å². The number of urea groups is 2. The average Bonchev–Trinajstić information content (AvgIpc) is 2.88. The summed E-state index contributed by atoms with van der Waals surface area (Å²) in [5.41, 5.74) is -2.56. The fourth-order valence-electron chi connectivity index (χ4n) is 2.63. The Morgan fingerprint density at radius 2 is 1.31 bits per heavy atom. The summed E-state index contributed by atoms with van der Waals surface area (Å²) >= 11 is 0. The highest BCUT2D eigenvalue weighted by molar-refractivity contribution is 6.07. The van der Waals surface area contributed by atoms with Gasteiger partial charge in [-0.3, -0.25) is 19.4 Å². The molecule has 2 fully saturated rings. The lowest BCUT2D eigenvalue weighted by Gasteiger charge is -2.27. The molecular formula is C14H24N4O8. The molecule has 0 aromatic rings. The molecule has 0 aliphatic carbocycles. The SMILES string of the molecule is CC1(C)C(=O)N(CO)C(=O)N1CO.CN1C(=O)N(C)C(CO)(CO)C1=O. The predicted octanol–water partition coefficient (Wildman–Crippen LogP) is -2.84. The Balaban J connectivity index is 0.000000260. The van der Waals surface area contributed by atoms with Crippen molar-refractivity contribution in [2.75, 3.05) is 40.8 Å². The summed E-state index contributed by atoms with van der Waals surface area (Å²) in [6.45, 7) is 0.688. The van der Waals surface area contributed by atoms with Gasteiger partial charge >= 0.3 is 12.1 Å². The van der Waals surface area contributed by atoms with Crippen LogP contribution in [0.5, 0.6) is 0 Å². The molecule has 0 bridgehead atoms. The Morgan fingerprint density at radius 3 is 1.50 bits per heavy atom. The fourth-order valence-corrected chi connectivity index (χ4v) is 2.63. The van der Waals surface area contributed by atoms with E-state index in [1.807, 2.05) is 0 Å². The van der Waals surface area contributed by atoms with Crippen LogP contribution in [0.3, 0.4) is 0 Å². The molecule has 0 saturated carbocycles. The van der Waals surface area contributed by atoms with E-state index in [-0.39, 0.29) is 0 Å². The second-order valence-electron chi connectivity index (χ2n) is 6.34. The van der Waals surface area contributed by atoms with Crippen LogP contribution in [-0.4, -0.2) is 116 Å². The first-order chi connectivity index (χ1) is 12.0. The lowest BCUT2D eigenvalue weighted by molar-refractivity contribution is -0.136. The van der Waals surface area contributed by atoms with Crippen molar-refractivity contribution in [3.05, 3.63) is 0 Å². The maximum atomic E-state index is 11.5. The van der Waals surface area contributed by atoms with Crippen molar-refractivity contribution in [1.29, 1.82) is 0 Å². The van der Waals surface area contributed by atoms with Gasteiger partial charge in [0.15, 0.2) is 5.54 Å². The molecule has 2 aliphatic rings. The summed E-state index contributed by atoms with van der Waals surface area (Å²) in [6.07, 6.45) is 0. The molecule has 2 rings (SSSR count). The largest absolute Gasteiger partial charge is 0.393 e. The van der Waals surface area contributed by atoms with Gasteiger partial charge in [-0.2, -0.15) is 0 Å². The molecule has 4 N–H and O–H groups in total. The molecule has 26 heavy (non-hydrogen) atoms. The van der Waals surface area contributed by atoms with Crippen LogP contribution < -0.4 is 0 Å². The van der Waals surface area contributed by atoms with E-state index in [0.29, 0.717) is 4.90 Å². The molecule has 6 amide bonds. The van der Waals surface area contributed by atoms with Crippen molar-refractivity contribution < 1.29 is 39.6 Å². The van der Waals surface area contributed by atoms with Crippen molar-refractivity contribution in [3.63, 3.8) is 0 Å². The first kappa shape index (κ1) is 21.8. The molecular weight excluding hydrogens is 352 g/mol. The van der Waals surface area contributed by atoms with Crippen LogP contribution in [0, 0.1) is 0 Å². The van der Waals surface area contributed by atoms with Gasteiger partial charge in [0, 0.05) is 14.1 Å². The monoisotopic (exact) mass is 376 g/mol. The van der Waals surface area contributed by atoms with Crippen molar-refractivity contribution >= 4 is 23.9 Å². The Labute approximate surface area is 149 Å². The molecule has 0 spiro atoms. The lowest BCUT2D eigenvalue weighted by atomic mass is 10.0. The zero-order valence-corrected chi connectivity index (χ0v) is 15.0. The second kappa shape index (κ2) is 7.53. The highest BCUT2D eigenvalue weighted by Crippen LogP contribution is 2.26. The number of hydrogen-bond acceptors (Lipinski definition) is 8. The number of aliphatic hydroxyl groups is 4. The van der Waals surface area contributed by atoms with Gasteiger partial charge in [-0.15, -0.1) is 0 Å². The minimum Gasteiger partial charge on any atom is -0.393 e. The molecule has 0 unspecified atom stereocenters. The zero-order valence-electron chi connectivity index (χ0n) is 15.0. The van der Waals surface area contributed by atoms with Gasteiger partial charge in [0.1, 0.15) is 19.0 Å². The van der Waals surface area contributed by atoms with Crippen molar-refractivity contribution in [2.45, 2.75) is 24.9 Å². The number of imide groups is 2. The highest BCUT2D eigenvalue weighted by atomic mass is 16.3. The maximum Gasteiger partial charge on any atom is 0.331 e. The van der Waals surface area contributed by atoms with Crippen LogP contribution in [-0.2, 0) is 9.59 Å².